The van der Waals surface area contributed by atoms with Gasteiger partial charge in [0.15, 0.2) is 0 Å². The van der Waals surface area contributed by atoms with E-state index < -0.39 is 17.2 Å². The van der Waals surface area contributed by atoms with Crippen molar-refractivity contribution < 1.29 is 24.2 Å². The van der Waals surface area contributed by atoms with Crippen LogP contribution in [0, 0.1) is 0 Å². The molecule has 0 aromatic heterocycles. The summed E-state index contributed by atoms with van der Waals surface area (Å²) in [5, 5.41) is 16.9. The van der Waals surface area contributed by atoms with Crippen LogP contribution < -0.4 is 15.4 Å². The summed E-state index contributed by atoms with van der Waals surface area (Å²) >= 11 is 0. The Morgan fingerprint density at radius 1 is 0.851 bits per heavy atom. The molecule has 3 aromatic carbocycles. The van der Waals surface area contributed by atoms with Crippen molar-refractivity contribution in [3.05, 3.63) is 95.6 Å². The lowest BCUT2D eigenvalue weighted by Gasteiger charge is -2.52. The first kappa shape index (κ1) is 34.4. The van der Waals surface area contributed by atoms with Gasteiger partial charge in [0.05, 0.1) is 5.60 Å². The molecule has 3 aliphatic rings. The number of hydrogen-bond acceptors (Lipinski definition) is 6. The molecule has 1 spiro atoms. The number of likely N-dealkylation sites (tertiary alicyclic amines) is 1. The van der Waals surface area contributed by atoms with E-state index in [9.17, 15) is 19.5 Å². The Morgan fingerprint density at radius 3 is 2.06 bits per heavy atom. The van der Waals surface area contributed by atoms with Crippen LogP contribution >= 0.6 is 12.4 Å². The molecule has 2 heterocycles. The number of nitrogens with one attached hydrogen (secondary N) is 2. The lowest BCUT2D eigenvalue weighted by atomic mass is 9.77. The molecule has 3 amide bonds. The van der Waals surface area contributed by atoms with E-state index in [1.165, 1.54) is 0 Å². The van der Waals surface area contributed by atoms with Gasteiger partial charge in [-0.25, -0.2) is 0 Å². The van der Waals surface area contributed by atoms with E-state index in [0.29, 0.717) is 62.4 Å². The van der Waals surface area contributed by atoms with Gasteiger partial charge >= 0.3 is 0 Å². The van der Waals surface area contributed by atoms with Crippen molar-refractivity contribution in [3.8, 4) is 11.5 Å². The van der Waals surface area contributed by atoms with Crippen LogP contribution in [0.25, 0.3) is 0 Å². The Balaban J connectivity index is 0.00000433. The number of aliphatic hydroxyl groups is 1. The fraction of sp³-hybridized carbons (Fsp3) is 0.432. The molecule has 1 aliphatic carbocycles. The van der Waals surface area contributed by atoms with Crippen molar-refractivity contribution in [3.63, 3.8) is 0 Å². The highest BCUT2D eigenvalue weighted by atomic mass is 35.5. The van der Waals surface area contributed by atoms with E-state index in [1.807, 2.05) is 59.5 Å². The highest BCUT2D eigenvalue weighted by Gasteiger charge is 2.54. The average molecular weight is 661 g/mol. The Labute approximate surface area is 283 Å². The van der Waals surface area contributed by atoms with E-state index in [0.717, 1.165) is 36.9 Å². The summed E-state index contributed by atoms with van der Waals surface area (Å²) in [4.78, 5) is 44.0. The fourth-order valence-corrected chi connectivity index (χ4v) is 7.26. The number of amides is 3. The van der Waals surface area contributed by atoms with E-state index in [1.54, 1.807) is 31.3 Å². The SMILES string of the molecule is CNC(=O)c1ccc(Oc2ccc(CN3CCC4(CC3)C(=O)N[C@H](CC3(O)CCCCC3)C(=O)N4Cc3ccccc3)cc2)cc1.Cl. The lowest BCUT2D eigenvalue weighted by molar-refractivity contribution is -0.164. The van der Waals surface area contributed by atoms with Gasteiger partial charge in [0.2, 0.25) is 11.8 Å². The van der Waals surface area contributed by atoms with Gasteiger partial charge in [-0.05, 0) is 73.2 Å². The van der Waals surface area contributed by atoms with Crippen LogP contribution in [0.1, 0.15) is 72.9 Å². The first-order valence-electron chi connectivity index (χ1n) is 16.5. The van der Waals surface area contributed by atoms with Crippen LogP contribution in [0.4, 0.5) is 0 Å². The first-order chi connectivity index (χ1) is 22.3. The van der Waals surface area contributed by atoms with E-state index in [-0.39, 0.29) is 36.5 Å². The molecule has 3 N–H and O–H groups in total. The standard InChI is InChI=1S/C37H44N4O5.ClH/c1-38-33(42)29-12-16-31(17-13-29)46-30-14-10-28(11-15-30)25-40-22-20-37(21-23-40)35(44)39-32(24-36(45)18-6-3-7-19-36)34(43)41(37)26-27-8-4-2-5-9-27;/h2,4-5,8-17,32,45H,3,6-7,18-26H2,1H3,(H,38,42)(H,39,44);1H/t32-;/m1./s1. The molecule has 3 fully saturated rings. The number of benzene rings is 3. The van der Waals surface area contributed by atoms with Crippen LogP contribution in [0.3, 0.4) is 0 Å². The van der Waals surface area contributed by atoms with Crippen LogP contribution in [0.15, 0.2) is 78.9 Å². The predicted molar refractivity (Wildman–Crippen MR) is 182 cm³/mol. The zero-order chi connectivity index (χ0) is 32.1. The number of piperazine rings is 1. The maximum Gasteiger partial charge on any atom is 0.251 e. The van der Waals surface area contributed by atoms with Crippen LogP contribution in [0.2, 0.25) is 0 Å². The van der Waals surface area contributed by atoms with Crippen molar-refractivity contribution in [2.75, 3.05) is 20.1 Å². The maximum absolute atomic E-state index is 14.1. The van der Waals surface area contributed by atoms with Gasteiger partial charge in [-0.1, -0.05) is 61.7 Å². The molecule has 0 unspecified atom stereocenters. The van der Waals surface area contributed by atoms with Crippen molar-refractivity contribution in [1.82, 2.24) is 20.4 Å². The summed E-state index contributed by atoms with van der Waals surface area (Å²) in [7, 11) is 1.60. The van der Waals surface area contributed by atoms with Gasteiger partial charge in [-0.3, -0.25) is 19.3 Å². The molecule has 2 aliphatic heterocycles. The Morgan fingerprint density at radius 2 is 1.45 bits per heavy atom. The number of halogens is 1. The summed E-state index contributed by atoms with van der Waals surface area (Å²) in [6.45, 7) is 2.45. The van der Waals surface area contributed by atoms with Crippen LogP contribution in [0.5, 0.6) is 11.5 Å². The molecular weight excluding hydrogens is 616 g/mol. The number of rotatable bonds is 9. The van der Waals surface area contributed by atoms with Gasteiger partial charge in [0.25, 0.3) is 5.91 Å². The number of hydrogen-bond donors (Lipinski definition) is 3. The summed E-state index contributed by atoms with van der Waals surface area (Å²) in [6.07, 6.45) is 5.69. The molecule has 2 saturated heterocycles. The molecule has 1 atom stereocenters. The summed E-state index contributed by atoms with van der Waals surface area (Å²) in [5.74, 6) is 1.02. The molecule has 10 heteroatoms. The van der Waals surface area contributed by atoms with Crippen molar-refractivity contribution in [2.24, 2.45) is 0 Å². The number of nitrogens with zero attached hydrogens (tertiary/aromatic N) is 2. The quantitative estimate of drug-likeness (QED) is 0.291. The van der Waals surface area contributed by atoms with Gasteiger partial charge < -0.3 is 25.4 Å². The van der Waals surface area contributed by atoms with Crippen molar-refractivity contribution in [2.45, 2.75) is 81.6 Å². The third-order valence-corrected chi connectivity index (χ3v) is 9.95. The highest BCUT2D eigenvalue weighted by molar-refractivity contribution is 6.00. The Hall–Kier alpha value is -3.92. The molecule has 9 nitrogen and oxygen atoms in total. The highest BCUT2D eigenvalue weighted by Crippen LogP contribution is 2.38. The maximum atomic E-state index is 14.1. The van der Waals surface area contributed by atoms with Crippen molar-refractivity contribution >= 4 is 30.1 Å². The second-order valence-corrected chi connectivity index (χ2v) is 13.1. The normalized spacial score (nSPS) is 20.6. The van der Waals surface area contributed by atoms with Gasteiger partial charge in [-0.2, -0.15) is 0 Å². The molecule has 0 bridgehead atoms. The summed E-state index contributed by atoms with van der Waals surface area (Å²) in [6, 6.07) is 24.1. The largest absolute Gasteiger partial charge is 0.457 e. The number of carbonyl (C=O) groups is 3. The Bertz CT molecular complexity index is 1520. The van der Waals surface area contributed by atoms with Crippen LogP contribution in [-0.4, -0.2) is 69.9 Å². The van der Waals surface area contributed by atoms with E-state index in [4.69, 9.17) is 4.74 Å². The molecule has 0 radical (unpaired) electrons. The van der Waals surface area contributed by atoms with Gasteiger partial charge in [-0.15, -0.1) is 12.4 Å². The topological polar surface area (TPSA) is 111 Å². The smallest absolute Gasteiger partial charge is 0.251 e. The minimum Gasteiger partial charge on any atom is -0.457 e. The van der Waals surface area contributed by atoms with Crippen LogP contribution in [-0.2, 0) is 22.7 Å². The third kappa shape index (κ3) is 7.80. The second kappa shape index (κ2) is 14.9. The zero-order valence-corrected chi connectivity index (χ0v) is 27.8. The molecule has 47 heavy (non-hydrogen) atoms. The Kier molecular flexibility index (Phi) is 10.9. The lowest BCUT2D eigenvalue weighted by Crippen LogP contribution is -2.73. The third-order valence-electron chi connectivity index (χ3n) is 9.95. The van der Waals surface area contributed by atoms with E-state index in [2.05, 4.69) is 15.5 Å². The average Bonchev–Trinajstić information content (AvgIpc) is 3.08. The molecule has 250 valence electrons. The zero-order valence-electron chi connectivity index (χ0n) is 27.0. The predicted octanol–water partition coefficient (Wildman–Crippen LogP) is 5.21. The second-order valence-electron chi connectivity index (χ2n) is 13.1. The molecule has 1 saturated carbocycles. The molecule has 3 aromatic rings. The monoisotopic (exact) mass is 660 g/mol. The van der Waals surface area contributed by atoms with Gasteiger partial charge in [0, 0.05) is 45.2 Å². The number of piperidine rings is 1. The summed E-state index contributed by atoms with van der Waals surface area (Å²) < 4.78 is 5.97. The van der Waals surface area contributed by atoms with Gasteiger partial charge in [0.1, 0.15) is 23.1 Å². The minimum absolute atomic E-state index is 0. The summed E-state index contributed by atoms with van der Waals surface area (Å²) in [5.41, 5.74) is 0.872. The first-order valence-corrected chi connectivity index (χ1v) is 16.5. The molecule has 6 rings (SSSR count). The minimum atomic E-state index is -0.917. The molecular formula is C37H45ClN4O5. The van der Waals surface area contributed by atoms with Crippen molar-refractivity contribution in [1.29, 1.82) is 0 Å². The number of ether oxygens (including phenoxy) is 1. The van der Waals surface area contributed by atoms with E-state index >= 15 is 0 Å². The number of carbonyl (C=O) groups excluding carboxylic acids is 3. The fourth-order valence-electron chi connectivity index (χ4n) is 7.26.